The molecule has 1 fully saturated rings. The summed E-state index contributed by atoms with van der Waals surface area (Å²) in [6, 6.07) is 5.82. The van der Waals surface area contributed by atoms with Crippen molar-refractivity contribution in [2.75, 3.05) is 18.4 Å². The highest BCUT2D eigenvalue weighted by molar-refractivity contribution is 5.94. The number of aromatic nitrogens is 3. The molecular formula is C17H21N5O. The molecular weight excluding hydrogens is 290 g/mol. The molecule has 0 spiro atoms. The van der Waals surface area contributed by atoms with Gasteiger partial charge in [0.25, 0.3) is 5.91 Å². The summed E-state index contributed by atoms with van der Waals surface area (Å²) in [5, 5.41) is 3.46. The second-order valence-electron chi connectivity index (χ2n) is 5.89. The summed E-state index contributed by atoms with van der Waals surface area (Å²) in [5.74, 6) is 1.73. The molecule has 0 aromatic carbocycles. The monoisotopic (exact) mass is 311 g/mol. The van der Waals surface area contributed by atoms with E-state index in [-0.39, 0.29) is 5.91 Å². The van der Waals surface area contributed by atoms with E-state index in [1.54, 1.807) is 24.5 Å². The average molecular weight is 311 g/mol. The first kappa shape index (κ1) is 15.4. The number of amides is 1. The molecule has 2 aromatic rings. The molecule has 0 aliphatic carbocycles. The Kier molecular flexibility index (Phi) is 4.50. The number of carbonyl (C=O) groups excluding carboxylic acids is 1. The van der Waals surface area contributed by atoms with Crippen molar-refractivity contribution in [2.45, 2.75) is 32.7 Å². The average Bonchev–Trinajstić information content (AvgIpc) is 2.55. The molecule has 2 aromatic heterocycles. The van der Waals surface area contributed by atoms with Crippen LogP contribution in [0.15, 0.2) is 30.6 Å². The molecule has 23 heavy (non-hydrogen) atoms. The zero-order valence-corrected chi connectivity index (χ0v) is 13.5. The van der Waals surface area contributed by atoms with Gasteiger partial charge in [-0.3, -0.25) is 9.78 Å². The van der Waals surface area contributed by atoms with Crippen molar-refractivity contribution in [3.8, 4) is 0 Å². The molecule has 0 atom stereocenters. The maximum atomic E-state index is 12.4. The topological polar surface area (TPSA) is 71.0 Å². The molecule has 1 aliphatic heterocycles. The number of hydrogen-bond acceptors (Lipinski definition) is 5. The van der Waals surface area contributed by atoms with Crippen molar-refractivity contribution in [2.24, 2.45) is 0 Å². The number of anilines is 1. The second-order valence-corrected chi connectivity index (χ2v) is 5.89. The van der Waals surface area contributed by atoms with Crippen molar-refractivity contribution in [3.05, 3.63) is 47.7 Å². The molecule has 0 saturated carbocycles. The minimum Gasteiger partial charge on any atom is -0.367 e. The summed E-state index contributed by atoms with van der Waals surface area (Å²) in [6.45, 7) is 5.37. The molecule has 6 nitrogen and oxygen atoms in total. The third-order valence-electron chi connectivity index (χ3n) is 4.03. The van der Waals surface area contributed by atoms with Gasteiger partial charge in [-0.15, -0.1) is 0 Å². The fraction of sp³-hybridized carbons (Fsp3) is 0.412. The number of piperidine rings is 1. The first-order valence-corrected chi connectivity index (χ1v) is 7.90. The summed E-state index contributed by atoms with van der Waals surface area (Å²) in [7, 11) is 0. The zero-order valence-electron chi connectivity index (χ0n) is 13.5. The van der Waals surface area contributed by atoms with Gasteiger partial charge in [0.05, 0.1) is 0 Å². The Morgan fingerprint density at radius 1 is 1.17 bits per heavy atom. The van der Waals surface area contributed by atoms with E-state index in [9.17, 15) is 4.79 Å². The van der Waals surface area contributed by atoms with E-state index in [1.807, 2.05) is 24.8 Å². The van der Waals surface area contributed by atoms with Crippen molar-refractivity contribution >= 4 is 11.7 Å². The lowest BCUT2D eigenvalue weighted by Gasteiger charge is -2.32. The summed E-state index contributed by atoms with van der Waals surface area (Å²) < 4.78 is 0. The van der Waals surface area contributed by atoms with E-state index in [2.05, 4.69) is 20.3 Å². The summed E-state index contributed by atoms with van der Waals surface area (Å²) in [4.78, 5) is 27.0. The van der Waals surface area contributed by atoms with Gasteiger partial charge < -0.3 is 10.2 Å². The van der Waals surface area contributed by atoms with E-state index >= 15 is 0 Å². The Labute approximate surface area is 136 Å². The molecule has 0 unspecified atom stereocenters. The summed E-state index contributed by atoms with van der Waals surface area (Å²) in [5.41, 5.74) is 1.67. The van der Waals surface area contributed by atoms with Gasteiger partial charge in [-0.1, -0.05) is 0 Å². The van der Waals surface area contributed by atoms with Crippen LogP contribution in [0.1, 0.15) is 34.7 Å². The summed E-state index contributed by atoms with van der Waals surface area (Å²) in [6.07, 6.45) is 5.14. The van der Waals surface area contributed by atoms with Gasteiger partial charge >= 0.3 is 0 Å². The highest BCUT2D eigenvalue weighted by Gasteiger charge is 2.23. The largest absolute Gasteiger partial charge is 0.367 e. The van der Waals surface area contributed by atoms with E-state index in [4.69, 9.17) is 0 Å². The molecule has 0 radical (unpaired) electrons. The van der Waals surface area contributed by atoms with Crippen molar-refractivity contribution in [3.63, 3.8) is 0 Å². The lowest BCUT2D eigenvalue weighted by Crippen LogP contribution is -2.42. The quantitative estimate of drug-likeness (QED) is 0.941. The molecule has 1 saturated heterocycles. The minimum atomic E-state index is 0.0829. The predicted octanol–water partition coefficient (Wildman–Crippen LogP) is 2.21. The van der Waals surface area contributed by atoms with Crippen molar-refractivity contribution in [1.29, 1.82) is 0 Å². The Hall–Kier alpha value is -2.50. The van der Waals surface area contributed by atoms with Crippen LogP contribution >= 0.6 is 0 Å². The lowest BCUT2D eigenvalue weighted by atomic mass is 10.0. The van der Waals surface area contributed by atoms with Crippen LogP contribution in [0.2, 0.25) is 0 Å². The fourth-order valence-electron chi connectivity index (χ4n) is 2.90. The van der Waals surface area contributed by atoms with Crippen LogP contribution in [0.3, 0.4) is 0 Å². The number of pyridine rings is 1. The molecule has 1 amide bonds. The third-order valence-corrected chi connectivity index (χ3v) is 4.03. The Morgan fingerprint density at radius 3 is 2.52 bits per heavy atom. The zero-order chi connectivity index (χ0) is 16.2. The predicted molar refractivity (Wildman–Crippen MR) is 88.3 cm³/mol. The highest BCUT2D eigenvalue weighted by atomic mass is 16.2. The number of nitrogens with one attached hydrogen (secondary N) is 1. The van der Waals surface area contributed by atoms with Crippen LogP contribution in [-0.4, -0.2) is 44.9 Å². The number of nitrogens with zero attached hydrogens (tertiary/aromatic N) is 4. The van der Waals surface area contributed by atoms with Crippen molar-refractivity contribution in [1.82, 2.24) is 19.9 Å². The van der Waals surface area contributed by atoms with Gasteiger partial charge in [-0.25, -0.2) is 9.97 Å². The smallest absolute Gasteiger partial charge is 0.253 e. The molecule has 1 aliphatic rings. The number of rotatable bonds is 3. The van der Waals surface area contributed by atoms with Crippen LogP contribution in [0.4, 0.5) is 5.82 Å². The molecule has 1 N–H and O–H groups in total. The Balaban J connectivity index is 1.57. The standard InChI is InChI=1S/C17H21N5O/c1-12-11-16(20-13(2)19-12)21-15-5-9-22(10-6-15)17(23)14-3-7-18-8-4-14/h3-4,7-8,11,15H,5-6,9-10H2,1-2H3,(H,19,20,21). The van der Waals surface area contributed by atoms with Crippen LogP contribution in [0, 0.1) is 13.8 Å². The van der Waals surface area contributed by atoms with E-state index < -0.39 is 0 Å². The van der Waals surface area contributed by atoms with Crippen molar-refractivity contribution < 1.29 is 4.79 Å². The first-order valence-electron chi connectivity index (χ1n) is 7.90. The Morgan fingerprint density at radius 2 is 1.87 bits per heavy atom. The van der Waals surface area contributed by atoms with Gasteiger partial charge in [0.2, 0.25) is 0 Å². The highest BCUT2D eigenvalue weighted by Crippen LogP contribution is 2.17. The van der Waals surface area contributed by atoms with Crippen LogP contribution in [0.25, 0.3) is 0 Å². The number of hydrogen-bond donors (Lipinski definition) is 1. The SMILES string of the molecule is Cc1cc(NC2CCN(C(=O)c3ccncc3)CC2)nc(C)n1. The molecule has 0 bridgehead atoms. The van der Waals surface area contributed by atoms with E-state index in [0.29, 0.717) is 11.6 Å². The first-order chi connectivity index (χ1) is 11.1. The molecule has 120 valence electrons. The van der Waals surface area contributed by atoms with Crippen LogP contribution in [0.5, 0.6) is 0 Å². The van der Waals surface area contributed by atoms with E-state index in [1.165, 1.54) is 0 Å². The minimum absolute atomic E-state index is 0.0829. The molecule has 3 heterocycles. The number of aryl methyl sites for hydroxylation is 2. The van der Waals surface area contributed by atoms with Gasteiger partial charge in [-0.2, -0.15) is 0 Å². The number of carbonyl (C=O) groups is 1. The molecule has 3 rings (SSSR count). The normalized spacial score (nSPS) is 15.5. The number of likely N-dealkylation sites (tertiary alicyclic amines) is 1. The fourth-order valence-corrected chi connectivity index (χ4v) is 2.90. The maximum Gasteiger partial charge on any atom is 0.253 e. The molecule has 6 heteroatoms. The van der Waals surface area contributed by atoms with Gasteiger partial charge in [0.15, 0.2) is 0 Å². The van der Waals surface area contributed by atoms with Gasteiger partial charge in [0.1, 0.15) is 11.6 Å². The van der Waals surface area contributed by atoms with Gasteiger partial charge in [-0.05, 0) is 38.8 Å². The van der Waals surface area contributed by atoms with Crippen LogP contribution in [-0.2, 0) is 0 Å². The van der Waals surface area contributed by atoms with E-state index in [0.717, 1.165) is 43.3 Å². The second kappa shape index (κ2) is 6.73. The third kappa shape index (κ3) is 3.83. The van der Waals surface area contributed by atoms with Gasteiger partial charge in [0, 0.05) is 48.8 Å². The lowest BCUT2D eigenvalue weighted by molar-refractivity contribution is 0.0718. The maximum absolute atomic E-state index is 12.4. The summed E-state index contributed by atoms with van der Waals surface area (Å²) >= 11 is 0. The van der Waals surface area contributed by atoms with Crippen LogP contribution < -0.4 is 5.32 Å². The Bertz CT molecular complexity index is 660.